The first kappa shape index (κ1) is 14.5. The Kier molecular flexibility index (Phi) is 5.09. The van der Waals surface area contributed by atoms with Gasteiger partial charge in [0.15, 0.2) is 17.5 Å². The Morgan fingerprint density at radius 3 is 2.75 bits per heavy atom. The van der Waals surface area contributed by atoms with E-state index in [-0.39, 0.29) is 0 Å². The first-order valence-corrected chi connectivity index (χ1v) is 7.05. The summed E-state index contributed by atoms with van der Waals surface area (Å²) in [7, 11) is 3.41. The van der Waals surface area contributed by atoms with Gasteiger partial charge in [-0.1, -0.05) is 0 Å². The minimum Gasteiger partial charge on any atom is -0.493 e. The molecule has 5 heteroatoms. The van der Waals surface area contributed by atoms with Gasteiger partial charge in [0.1, 0.15) is 0 Å². The zero-order valence-electron chi connectivity index (χ0n) is 12.4. The largest absolute Gasteiger partial charge is 0.493 e. The fraction of sp³-hybridized carbons (Fsp3) is 0.533. The fourth-order valence-electron chi connectivity index (χ4n) is 1.90. The highest BCUT2D eigenvalue weighted by Gasteiger charge is 2.21. The summed E-state index contributed by atoms with van der Waals surface area (Å²) >= 11 is 0. The standard InChI is InChI=1S/C15H23N3O2/c1-4-20-14-9-12(7-8-13(14)19-3)18-15(16-2)17-10-11-5-6-11/h7-9,11H,4-6,10H2,1-3H3,(H2,16,17,18). The van der Waals surface area contributed by atoms with Gasteiger partial charge in [0, 0.05) is 25.3 Å². The van der Waals surface area contributed by atoms with E-state index in [2.05, 4.69) is 15.6 Å². The van der Waals surface area contributed by atoms with E-state index in [1.54, 1.807) is 14.2 Å². The molecule has 0 radical (unpaired) electrons. The minimum atomic E-state index is 0.606. The third kappa shape index (κ3) is 4.05. The molecule has 1 saturated carbocycles. The minimum absolute atomic E-state index is 0.606. The number of anilines is 1. The van der Waals surface area contributed by atoms with E-state index in [9.17, 15) is 0 Å². The van der Waals surface area contributed by atoms with Crippen LogP contribution in [0.15, 0.2) is 23.2 Å². The molecule has 1 aliphatic rings. The summed E-state index contributed by atoms with van der Waals surface area (Å²) in [4.78, 5) is 4.22. The van der Waals surface area contributed by atoms with E-state index >= 15 is 0 Å². The molecule has 1 fully saturated rings. The van der Waals surface area contributed by atoms with Crippen LogP contribution < -0.4 is 20.1 Å². The number of hydrogen-bond acceptors (Lipinski definition) is 3. The Bertz CT molecular complexity index is 470. The lowest BCUT2D eigenvalue weighted by molar-refractivity contribution is 0.311. The van der Waals surface area contributed by atoms with Crippen molar-refractivity contribution in [1.82, 2.24) is 5.32 Å². The van der Waals surface area contributed by atoms with Crippen LogP contribution in [0.2, 0.25) is 0 Å². The first-order chi connectivity index (χ1) is 9.76. The lowest BCUT2D eigenvalue weighted by atomic mass is 10.2. The van der Waals surface area contributed by atoms with Gasteiger partial charge >= 0.3 is 0 Å². The van der Waals surface area contributed by atoms with E-state index in [1.807, 2.05) is 25.1 Å². The Morgan fingerprint density at radius 2 is 2.15 bits per heavy atom. The van der Waals surface area contributed by atoms with Gasteiger partial charge in [0.25, 0.3) is 0 Å². The summed E-state index contributed by atoms with van der Waals surface area (Å²) in [6.07, 6.45) is 2.64. The predicted octanol–water partition coefficient (Wildman–Crippen LogP) is 2.49. The quantitative estimate of drug-likeness (QED) is 0.619. The summed E-state index contributed by atoms with van der Waals surface area (Å²) < 4.78 is 10.8. The van der Waals surface area contributed by atoms with Gasteiger partial charge in [-0.2, -0.15) is 0 Å². The molecular formula is C15H23N3O2. The summed E-state index contributed by atoms with van der Waals surface area (Å²) in [6, 6.07) is 5.76. The number of benzene rings is 1. The maximum Gasteiger partial charge on any atom is 0.195 e. The second-order valence-electron chi connectivity index (χ2n) is 4.82. The summed E-state index contributed by atoms with van der Waals surface area (Å²) in [5, 5.41) is 6.59. The topological polar surface area (TPSA) is 54.9 Å². The molecule has 2 N–H and O–H groups in total. The molecule has 0 amide bonds. The second kappa shape index (κ2) is 7.03. The Labute approximate surface area is 120 Å². The smallest absolute Gasteiger partial charge is 0.195 e. The Morgan fingerprint density at radius 1 is 1.35 bits per heavy atom. The molecule has 0 heterocycles. The highest BCUT2D eigenvalue weighted by molar-refractivity contribution is 5.93. The van der Waals surface area contributed by atoms with E-state index in [0.717, 1.165) is 35.6 Å². The maximum absolute atomic E-state index is 5.57. The molecule has 5 nitrogen and oxygen atoms in total. The number of ether oxygens (including phenoxy) is 2. The number of rotatable bonds is 6. The average Bonchev–Trinajstić information content (AvgIpc) is 3.28. The normalized spacial score (nSPS) is 14.8. The van der Waals surface area contributed by atoms with Crippen molar-refractivity contribution in [3.8, 4) is 11.5 Å². The molecule has 0 aliphatic heterocycles. The summed E-state index contributed by atoms with van der Waals surface area (Å²) in [5.41, 5.74) is 0.929. The van der Waals surface area contributed by atoms with Crippen LogP contribution in [0.1, 0.15) is 19.8 Å². The maximum atomic E-state index is 5.57. The molecule has 1 aromatic carbocycles. The van der Waals surface area contributed by atoms with Crippen LogP contribution in [-0.4, -0.2) is 33.3 Å². The van der Waals surface area contributed by atoms with Gasteiger partial charge in [-0.3, -0.25) is 4.99 Å². The van der Waals surface area contributed by atoms with E-state index < -0.39 is 0 Å². The van der Waals surface area contributed by atoms with E-state index in [0.29, 0.717) is 6.61 Å². The van der Waals surface area contributed by atoms with Gasteiger partial charge in [-0.25, -0.2) is 0 Å². The molecule has 0 bridgehead atoms. The summed E-state index contributed by atoms with van der Waals surface area (Å²) in [5.74, 6) is 3.06. The lowest BCUT2D eigenvalue weighted by Gasteiger charge is -2.14. The van der Waals surface area contributed by atoms with Crippen molar-refractivity contribution in [2.45, 2.75) is 19.8 Å². The number of aliphatic imine (C=N–C) groups is 1. The van der Waals surface area contributed by atoms with Crippen molar-refractivity contribution in [2.24, 2.45) is 10.9 Å². The Hall–Kier alpha value is -1.91. The third-order valence-corrected chi connectivity index (χ3v) is 3.20. The Balaban J connectivity index is 2.01. The zero-order valence-corrected chi connectivity index (χ0v) is 12.4. The molecule has 0 unspecified atom stereocenters. The number of hydrogen-bond donors (Lipinski definition) is 2. The van der Waals surface area contributed by atoms with Crippen molar-refractivity contribution in [3.63, 3.8) is 0 Å². The number of nitrogens with zero attached hydrogens (tertiary/aromatic N) is 1. The van der Waals surface area contributed by atoms with Crippen molar-refractivity contribution >= 4 is 11.6 Å². The average molecular weight is 277 g/mol. The van der Waals surface area contributed by atoms with Crippen LogP contribution in [-0.2, 0) is 0 Å². The van der Waals surface area contributed by atoms with Crippen molar-refractivity contribution in [2.75, 3.05) is 32.6 Å². The van der Waals surface area contributed by atoms with Crippen LogP contribution in [0.5, 0.6) is 11.5 Å². The van der Waals surface area contributed by atoms with E-state index in [1.165, 1.54) is 12.8 Å². The SMILES string of the molecule is CCOc1cc(NC(=NC)NCC2CC2)ccc1OC. The number of nitrogens with one attached hydrogen (secondary N) is 2. The van der Waals surface area contributed by atoms with Gasteiger partial charge < -0.3 is 20.1 Å². The van der Waals surface area contributed by atoms with Gasteiger partial charge in [-0.15, -0.1) is 0 Å². The number of methoxy groups -OCH3 is 1. The van der Waals surface area contributed by atoms with Gasteiger partial charge in [0.2, 0.25) is 0 Å². The lowest BCUT2D eigenvalue weighted by Crippen LogP contribution is -2.32. The van der Waals surface area contributed by atoms with Crippen LogP contribution in [0.3, 0.4) is 0 Å². The van der Waals surface area contributed by atoms with Crippen LogP contribution in [0.4, 0.5) is 5.69 Å². The fourth-order valence-corrected chi connectivity index (χ4v) is 1.90. The monoisotopic (exact) mass is 277 g/mol. The van der Waals surface area contributed by atoms with Gasteiger partial charge in [0.05, 0.1) is 13.7 Å². The molecule has 0 aromatic heterocycles. The predicted molar refractivity (Wildman–Crippen MR) is 81.9 cm³/mol. The second-order valence-corrected chi connectivity index (χ2v) is 4.82. The molecule has 0 saturated heterocycles. The third-order valence-electron chi connectivity index (χ3n) is 3.20. The van der Waals surface area contributed by atoms with Crippen LogP contribution >= 0.6 is 0 Å². The van der Waals surface area contributed by atoms with Crippen LogP contribution in [0, 0.1) is 5.92 Å². The molecule has 110 valence electrons. The first-order valence-electron chi connectivity index (χ1n) is 7.05. The summed E-state index contributed by atoms with van der Waals surface area (Å²) in [6.45, 7) is 3.54. The number of guanidine groups is 1. The molecular weight excluding hydrogens is 254 g/mol. The highest BCUT2D eigenvalue weighted by Crippen LogP contribution is 2.30. The highest BCUT2D eigenvalue weighted by atomic mass is 16.5. The molecule has 2 rings (SSSR count). The molecule has 20 heavy (non-hydrogen) atoms. The molecule has 0 spiro atoms. The van der Waals surface area contributed by atoms with Crippen molar-refractivity contribution in [3.05, 3.63) is 18.2 Å². The van der Waals surface area contributed by atoms with Crippen molar-refractivity contribution in [1.29, 1.82) is 0 Å². The molecule has 0 atom stereocenters. The zero-order chi connectivity index (χ0) is 14.4. The van der Waals surface area contributed by atoms with Crippen molar-refractivity contribution < 1.29 is 9.47 Å². The molecule has 1 aromatic rings. The van der Waals surface area contributed by atoms with E-state index in [4.69, 9.17) is 9.47 Å². The van der Waals surface area contributed by atoms with Gasteiger partial charge in [-0.05, 0) is 37.8 Å². The van der Waals surface area contributed by atoms with Crippen LogP contribution in [0.25, 0.3) is 0 Å². The molecule has 1 aliphatic carbocycles.